The molecule has 0 atom stereocenters. The lowest BCUT2D eigenvalue weighted by atomic mass is 10.1. The summed E-state index contributed by atoms with van der Waals surface area (Å²) in [6.45, 7) is 0.421. The third-order valence-electron chi connectivity index (χ3n) is 2.52. The average molecular weight is 377 g/mol. The van der Waals surface area contributed by atoms with Crippen molar-refractivity contribution in [3.8, 4) is 0 Å². The molecular weight excluding hydrogens is 363 g/mol. The number of benzene rings is 1. The topological polar surface area (TPSA) is 34.9 Å². The molecule has 2 rings (SSSR count). The number of halogens is 2. The van der Waals surface area contributed by atoms with Crippen LogP contribution in [-0.2, 0) is 17.8 Å². The van der Waals surface area contributed by atoms with E-state index in [1.165, 1.54) is 9.13 Å². The summed E-state index contributed by atoms with van der Waals surface area (Å²) in [5, 5.41) is 0. The largest absolute Gasteiger partial charge is 0.330 e. The van der Waals surface area contributed by atoms with Crippen LogP contribution in [0.4, 0.5) is 0 Å². The van der Waals surface area contributed by atoms with Crippen LogP contribution in [0.1, 0.15) is 12.0 Å². The SMILES string of the molecule is Cl.O=C(CCc1ccc(I)cc1)Cn1ccnc1. The summed E-state index contributed by atoms with van der Waals surface area (Å²) in [6, 6.07) is 8.28. The van der Waals surface area contributed by atoms with Crippen molar-refractivity contribution in [2.75, 3.05) is 0 Å². The Morgan fingerprint density at radius 1 is 1.28 bits per heavy atom. The molecule has 0 amide bonds. The number of imidazole rings is 1. The smallest absolute Gasteiger partial charge is 0.152 e. The maximum Gasteiger partial charge on any atom is 0.152 e. The highest BCUT2D eigenvalue weighted by Gasteiger charge is 2.03. The van der Waals surface area contributed by atoms with E-state index in [1.54, 1.807) is 17.1 Å². The fourth-order valence-corrected chi connectivity index (χ4v) is 1.96. The number of nitrogens with zero attached hydrogens (tertiary/aromatic N) is 2. The molecule has 0 spiro atoms. The minimum atomic E-state index is 0. The quantitative estimate of drug-likeness (QED) is 0.752. The van der Waals surface area contributed by atoms with Gasteiger partial charge in [0.25, 0.3) is 0 Å². The Bertz CT molecular complexity index is 482. The highest BCUT2D eigenvalue weighted by molar-refractivity contribution is 14.1. The second kappa shape index (κ2) is 7.53. The summed E-state index contributed by atoms with van der Waals surface area (Å²) in [6.07, 6.45) is 6.56. The molecule has 0 N–H and O–H groups in total. The minimum absolute atomic E-state index is 0. The van der Waals surface area contributed by atoms with Crippen LogP contribution in [0, 0.1) is 3.57 Å². The Balaban J connectivity index is 0.00000162. The van der Waals surface area contributed by atoms with E-state index in [1.807, 2.05) is 6.20 Å². The highest BCUT2D eigenvalue weighted by atomic mass is 127. The van der Waals surface area contributed by atoms with Gasteiger partial charge in [-0.05, 0) is 46.7 Å². The van der Waals surface area contributed by atoms with Crippen LogP contribution in [-0.4, -0.2) is 15.3 Å². The first kappa shape index (κ1) is 15.2. The molecule has 96 valence electrons. The Morgan fingerprint density at radius 2 is 2.00 bits per heavy atom. The van der Waals surface area contributed by atoms with Crippen molar-refractivity contribution >= 4 is 40.8 Å². The molecule has 2 aromatic rings. The third-order valence-corrected chi connectivity index (χ3v) is 3.24. The van der Waals surface area contributed by atoms with E-state index in [4.69, 9.17) is 0 Å². The Morgan fingerprint density at radius 3 is 2.61 bits per heavy atom. The van der Waals surface area contributed by atoms with Gasteiger partial charge in [-0.25, -0.2) is 4.98 Å². The van der Waals surface area contributed by atoms with Gasteiger partial charge in [0, 0.05) is 22.4 Å². The van der Waals surface area contributed by atoms with Crippen molar-refractivity contribution in [3.63, 3.8) is 0 Å². The number of carbonyl (C=O) groups excluding carboxylic acids is 1. The van der Waals surface area contributed by atoms with Crippen LogP contribution >= 0.6 is 35.0 Å². The zero-order valence-electron chi connectivity index (χ0n) is 9.75. The van der Waals surface area contributed by atoms with Crippen LogP contribution in [0.15, 0.2) is 43.0 Å². The summed E-state index contributed by atoms with van der Waals surface area (Å²) >= 11 is 2.28. The van der Waals surface area contributed by atoms with Crippen molar-refractivity contribution in [3.05, 3.63) is 52.1 Å². The molecule has 0 saturated heterocycles. The number of rotatable bonds is 5. The second-order valence-electron chi connectivity index (χ2n) is 3.90. The van der Waals surface area contributed by atoms with E-state index in [-0.39, 0.29) is 18.2 Å². The van der Waals surface area contributed by atoms with E-state index in [0.29, 0.717) is 13.0 Å². The molecule has 1 heterocycles. The molecule has 0 aliphatic rings. The Labute approximate surface area is 126 Å². The van der Waals surface area contributed by atoms with Gasteiger partial charge in [-0.2, -0.15) is 0 Å². The number of carbonyl (C=O) groups is 1. The lowest BCUT2D eigenvalue weighted by Gasteiger charge is -2.02. The summed E-state index contributed by atoms with van der Waals surface area (Å²) in [5.74, 6) is 0.238. The van der Waals surface area contributed by atoms with Crippen molar-refractivity contribution in [2.24, 2.45) is 0 Å². The molecule has 18 heavy (non-hydrogen) atoms. The first-order chi connectivity index (χ1) is 8.24. The standard InChI is InChI=1S/C13H13IN2O.ClH/c14-12-4-1-11(2-5-12)3-6-13(17)9-16-8-7-15-10-16;/h1-2,4-5,7-8,10H,3,6,9H2;1H. The van der Waals surface area contributed by atoms with Crippen molar-refractivity contribution in [2.45, 2.75) is 19.4 Å². The van der Waals surface area contributed by atoms with Crippen LogP contribution in [0.2, 0.25) is 0 Å². The van der Waals surface area contributed by atoms with Crippen LogP contribution in [0.3, 0.4) is 0 Å². The monoisotopic (exact) mass is 376 g/mol. The average Bonchev–Trinajstić information content (AvgIpc) is 2.81. The van der Waals surface area contributed by atoms with Gasteiger partial charge in [0.15, 0.2) is 5.78 Å². The number of ketones is 1. The van der Waals surface area contributed by atoms with Crippen molar-refractivity contribution in [1.82, 2.24) is 9.55 Å². The summed E-state index contributed by atoms with van der Waals surface area (Å²) in [7, 11) is 0. The predicted molar refractivity (Wildman–Crippen MR) is 82.0 cm³/mol. The molecular formula is C13H14ClIN2O. The maximum absolute atomic E-state index is 11.7. The fraction of sp³-hybridized carbons (Fsp3) is 0.231. The third kappa shape index (κ3) is 4.78. The highest BCUT2D eigenvalue weighted by Crippen LogP contribution is 2.09. The van der Waals surface area contributed by atoms with E-state index in [2.05, 4.69) is 51.8 Å². The first-order valence-electron chi connectivity index (χ1n) is 5.46. The van der Waals surface area contributed by atoms with Crippen LogP contribution in [0.25, 0.3) is 0 Å². The number of Topliss-reactive ketones (excluding diaryl/α,β-unsaturated/α-hetero) is 1. The lowest BCUT2D eigenvalue weighted by Crippen LogP contribution is -2.09. The minimum Gasteiger partial charge on any atom is -0.330 e. The van der Waals surface area contributed by atoms with Gasteiger partial charge < -0.3 is 4.57 Å². The first-order valence-corrected chi connectivity index (χ1v) is 6.54. The maximum atomic E-state index is 11.7. The molecule has 0 saturated carbocycles. The number of aryl methyl sites for hydroxylation is 1. The molecule has 0 radical (unpaired) electrons. The van der Waals surface area contributed by atoms with Gasteiger partial charge >= 0.3 is 0 Å². The second-order valence-corrected chi connectivity index (χ2v) is 5.15. The van der Waals surface area contributed by atoms with Gasteiger partial charge in [0.2, 0.25) is 0 Å². The molecule has 0 fully saturated rings. The van der Waals surface area contributed by atoms with Gasteiger partial charge in [0.1, 0.15) is 0 Å². The van der Waals surface area contributed by atoms with E-state index in [9.17, 15) is 4.79 Å². The molecule has 0 unspecified atom stereocenters. The molecule has 0 bridgehead atoms. The van der Waals surface area contributed by atoms with Gasteiger partial charge in [-0.15, -0.1) is 12.4 Å². The summed E-state index contributed by atoms with van der Waals surface area (Å²) in [4.78, 5) is 15.6. The van der Waals surface area contributed by atoms with Crippen molar-refractivity contribution < 1.29 is 4.79 Å². The zero-order chi connectivity index (χ0) is 12.1. The zero-order valence-corrected chi connectivity index (χ0v) is 12.7. The van der Waals surface area contributed by atoms with E-state index in [0.717, 1.165) is 6.42 Å². The van der Waals surface area contributed by atoms with Crippen molar-refractivity contribution in [1.29, 1.82) is 0 Å². The molecule has 1 aromatic carbocycles. The number of hydrogen-bond donors (Lipinski definition) is 0. The van der Waals surface area contributed by atoms with Gasteiger partial charge in [-0.3, -0.25) is 4.79 Å². The lowest BCUT2D eigenvalue weighted by molar-refractivity contribution is -0.119. The van der Waals surface area contributed by atoms with Gasteiger partial charge in [-0.1, -0.05) is 12.1 Å². The molecule has 3 nitrogen and oxygen atoms in total. The Hall–Kier alpha value is -0.880. The van der Waals surface area contributed by atoms with E-state index < -0.39 is 0 Å². The Kier molecular flexibility index (Phi) is 6.35. The summed E-state index contributed by atoms with van der Waals surface area (Å²) < 4.78 is 3.02. The molecule has 5 heteroatoms. The fourth-order valence-electron chi connectivity index (χ4n) is 1.60. The number of hydrogen-bond acceptors (Lipinski definition) is 2. The normalized spacial score (nSPS) is 9.83. The molecule has 1 aromatic heterocycles. The predicted octanol–water partition coefficient (Wildman–Crippen LogP) is 3.11. The molecule has 0 aliphatic carbocycles. The van der Waals surface area contributed by atoms with Crippen LogP contribution in [0.5, 0.6) is 0 Å². The number of aromatic nitrogens is 2. The molecule has 0 aliphatic heterocycles. The van der Waals surface area contributed by atoms with Gasteiger partial charge in [0.05, 0.1) is 12.9 Å². The summed E-state index contributed by atoms with van der Waals surface area (Å²) in [5.41, 5.74) is 1.21. The van der Waals surface area contributed by atoms with E-state index >= 15 is 0 Å². The van der Waals surface area contributed by atoms with Crippen LogP contribution < -0.4 is 0 Å².